The Bertz CT molecular complexity index is 1320. The van der Waals surface area contributed by atoms with E-state index in [1.165, 1.54) is 4.57 Å². The zero-order chi connectivity index (χ0) is 26.4. The Balaban J connectivity index is 0.000000556. The second kappa shape index (κ2) is 9.88. The van der Waals surface area contributed by atoms with Crippen LogP contribution >= 0.6 is 0 Å². The Morgan fingerprint density at radius 1 is 1.19 bits per heavy atom. The Labute approximate surface area is 203 Å². The molecule has 36 heavy (non-hydrogen) atoms. The fourth-order valence-electron chi connectivity index (χ4n) is 4.96. The van der Waals surface area contributed by atoms with Crippen LogP contribution in [0, 0.1) is 11.7 Å². The maximum Gasteiger partial charge on any atom is 0.394 e. The zero-order valence-electron chi connectivity index (χ0n) is 18.7. The van der Waals surface area contributed by atoms with E-state index in [1.807, 2.05) is 0 Å². The molecule has 1 aliphatic carbocycles. The van der Waals surface area contributed by atoms with Gasteiger partial charge in [0.05, 0.1) is 10.9 Å². The van der Waals surface area contributed by atoms with Crippen LogP contribution in [0.4, 0.5) is 18.9 Å². The molecule has 2 aliphatic heterocycles. The highest BCUT2D eigenvalue weighted by Gasteiger charge is 2.38. The van der Waals surface area contributed by atoms with E-state index < -0.39 is 45.5 Å². The van der Waals surface area contributed by atoms with Gasteiger partial charge in [-0.15, -0.1) is 0 Å². The largest absolute Gasteiger partial charge is 0.477 e. The van der Waals surface area contributed by atoms with Crippen molar-refractivity contribution in [2.45, 2.75) is 44.4 Å². The van der Waals surface area contributed by atoms with Crippen LogP contribution in [0.2, 0.25) is 0 Å². The Morgan fingerprint density at radius 2 is 1.86 bits per heavy atom. The molecule has 2 saturated heterocycles. The molecule has 1 aromatic carbocycles. The molecule has 11 nitrogen and oxygen atoms in total. The number of hydrogen-bond acceptors (Lipinski definition) is 7. The molecule has 0 spiro atoms. The summed E-state index contributed by atoms with van der Waals surface area (Å²) >= 11 is 0. The third-order valence-corrected chi connectivity index (χ3v) is 6.49. The molecule has 0 amide bonds. The average Bonchev–Trinajstić information content (AvgIpc) is 3.51. The number of hydrogen-bond donors (Lipinski definition) is 4. The summed E-state index contributed by atoms with van der Waals surface area (Å²) in [6, 6.07) is 0.942. The maximum atomic E-state index is 15.3. The lowest BCUT2D eigenvalue weighted by Crippen LogP contribution is -2.40. The summed E-state index contributed by atoms with van der Waals surface area (Å²) in [5.74, 6) is -2.45. The number of ether oxygens (including phenoxy) is 1. The first-order valence-electron chi connectivity index (χ1n) is 11.1. The molecular weight excluding hydrogens is 511 g/mol. The van der Waals surface area contributed by atoms with Gasteiger partial charge in [0.2, 0.25) is 5.43 Å². The van der Waals surface area contributed by atoms with Gasteiger partial charge in [0.1, 0.15) is 11.3 Å². The third-order valence-electron chi connectivity index (χ3n) is 6.49. The first-order valence-corrected chi connectivity index (χ1v) is 12.5. The SMILES string of the molecule is O=C(O)c1cn(C2CC2)c2c(OC(F)F)c(N3C[C@@H]4CCCN[C@@H]4C3)c(F)cc2c1=O.O=S(=O)(O)O. The highest BCUT2D eigenvalue weighted by molar-refractivity contribution is 7.79. The average molecular weight is 535 g/mol. The van der Waals surface area contributed by atoms with Crippen LogP contribution in [0.25, 0.3) is 10.9 Å². The minimum atomic E-state index is -4.67. The van der Waals surface area contributed by atoms with Gasteiger partial charge < -0.3 is 24.6 Å². The number of aromatic carboxylic acids is 1. The second-order valence-electron chi connectivity index (χ2n) is 8.94. The molecule has 198 valence electrons. The normalized spacial score (nSPS) is 21.8. The summed E-state index contributed by atoms with van der Waals surface area (Å²) in [6.07, 6.45) is 4.53. The lowest BCUT2D eigenvalue weighted by Gasteiger charge is -2.25. The predicted molar refractivity (Wildman–Crippen MR) is 121 cm³/mol. The molecule has 0 radical (unpaired) electrons. The second-order valence-corrected chi connectivity index (χ2v) is 9.84. The van der Waals surface area contributed by atoms with Crippen molar-refractivity contribution in [3.05, 3.63) is 33.9 Å². The minimum absolute atomic E-state index is 0.0250. The number of piperidine rings is 1. The van der Waals surface area contributed by atoms with Crippen LogP contribution in [0.15, 0.2) is 17.1 Å². The number of pyridine rings is 1. The van der Waals surface area contributed by atoms with E-state index in [-0.39, 0.29) is 34.6 Å². The van der Waals surface area contributed by atoms with Gasteiger partial charge >= 0.3 is 23.0 Å². The molecule has 2 atom stereocenters. The molecular formula is C21H24F3N3O8S. The maximum absolute atomic E-state index is 15.3. The Kier molecular flexibility index (Phi) is 7.19. The van der Waals surface area contributed by atoms with Crippen LogP contribution in [0.1, 0.15) is 42.1 Å². The van der Waals surface area contributed by atoms with E-state index in [9.17, 15) is 23.5 Å². The summed E-state index contributed by atoms with van der Waals surface area (Å²) in [5, 5.41) is 12.5. The van der Waals surface area contributed by atoms with E-state index in [0.717, 1.165) is 31.6 Å². The van der Waals surface area contributed by atoms with E-state index >= 15 is 4.39 Å². The van der Waals surface area contributed by atoms with E-state index in [1.54, 1.807) is 4.90 Å². The van der Waals surface area contributed by atoms with Crippen molar-refractivity contribution in [2.75, 3.05) is 24.5 Å². The fourth-order valence-corrected chi connectivity index (χ4v) is 4.96. The summed E-state index contributed by atoms with van der Waals surface area (Å²) < 4.78 is 80.1. The standard InChI is InChI=1S/C21H22F3N3O4.H2O4S/c22-14-6-12-16(27(11-3-4-11)8-13(18(12)28)20(29)30)19(31-21(23)24)17(14)26-7-10-2-1-5-25-15(10)9-26;1-5(2,3)4/h6,8,10-11,15,21,25H,1-5,7,9H2,(H,29,30);(H2,1,2,3,4)/t10-,15+;/m0./s1. The number of halogens is 3. The third kappa shape index (κ3) is 5.58. The first kappa shape index (κ1) is 26.2. The van der Waals surface area contributed by atoms with E-state index in [0.29, 0.717) is 25.9 Å². The Hall–Kier alpha value is -2.88. The molecule has 3 fully saturated rings. The van der Waals surface area contributed by atoms with Gasteiger partial charge in [0.25, 0.3) is 0 Å². The van der Waals surface area contributed by atoms with E-state index in [2.05, 4.69) is 5.32 Å². The van der Waals surface area contributed by atoms with E-state index in [4.69, 9.17) is 22.3 Å². The summed E-state index contributed by atoms with van der Waals surface area (Å²) in [5.41, 5.74) is -1.51. The van der Waals surface area contributed by atoms with Crippen molar-refractivity contribution in [1.82, 2.24) is 9.88 Å². The van der Waals surface area contributed by atoms with Gasteiger partial charge in [-0.3, -0.25) is 13.9 Å². The molecule has 1 saturated carbocycles. The molecule has 1 aromatic heterocycles. The predicted octanol–water partition coefficient (Wildman–Crippen LogP) is 2.31. The van der Waals surface area contributed by atoms with Crippen molar-refractivity contribution in [3.63, 3.8) is 0 Å². The number of benzene rings is 1. The minimum Gasteiger partial charge on any atom is -0.477 e. The van der Waals surface area contributed by atoms with Gasteiger partial charge in [-0.1, -0.05) is 0 Å². The molecule has 5 rings (SSSR count). The first-order chi connectivity index (χ1) is 16.8. The highest BCUT2D eigenvalue weighted by atomic mass is 32.3. The number of aromatic nitrogens is 1. The molecule has 2 aromatic rings. The van der Waals surface area contributed by atoms with Crippen molar-refractivity contribution in [2.24, 2.45) is 5.92 Å². The van der Waals surface area contributed by atoms with Crippen LogP contribution in [-0.2, 0) is 10.4 Å². The van der Waals surface area contributed by atoms with Gasteiger partial charge in [0, 0.05) is 31.4 Å². The lowest BCUT2D eigenvalue weighted by molar-refractivity contribution is -0.0488. The molecule has 3 heterocycles. The molecule has 15 heteroatoms. The number of nitrogens with one attached hydrogen (secondary N) is 1. The number of carbonyl (C=O) groups is 1. The van der Waals surface area contributed by atoms with Crippen LogP contribution in [0.3, 0.4) is 0 Å². The topological polar surface area (TPSA) is 158 Å². The monoisotopic (exact) mass is 535 g/mol. The summed E-state index contributed by atoms with van der Waals surface area (Å²) in [4.78, 5) is 26.0. The number of nitrogens with zero attached hydrogens (tertiary/aromatic N) is 2. The van der Waals surface area contributed by atoms with Gasteiger partial charge in [-0.05, 0) is 44.2 Å². The molecule has 3 aliphatic rings. The molecule has 4 N–H and O–H groups in total. The van der Waals surface area contributed by atoms with Gasteiger partial charge in [0.15, 0.2) is 11.6 Å². The number of alkyl halides is 2. The van der Waals surface area contributed by atoms with Crippen molar-refractivity contribution in [1.29, 1.82) is 0 Å². The Morgan fingerprint density at radius 3 is 2.42 bits per heavy atom. The molecule has 0 bridgehead atoms. The number of carboxylic acids is 1. The fraction of sp³-hybridized carbons (Fsp3) is 0.524. The van der Waals surface area contributed by atoms with Crippen molar-refractivity contribution in [3.8, 4) is 5.75 Å². The number of fused-ring (bicyclic) bond motifs is 2. The number of anilines is 1. The van der Waals surface area contributed by atoms with Gasteiger partial charge in [-0.2, -0.15) is 17.2 Å². The van der Waals surface area contributed by atoms with Crippen LogP contribution < -0.4 is 20.4 Å². The lowest BCUT2D eigenvalue weighted by atomic mass is 9.94. The number of rotatable bonds is 5. The van der Waals surface area contributed by atoms with Crippen LogP contribution in [0.5, 0.6) is 5.75 Å². The molecule has 0 unspecified atom stereocenters. The van der Waals surface area contributed by atoms with Crippen LogP contribution in [-0.4, -0.2) is 65.5 Å². The van der Waals surface area contributed by atoms with Crippen molar-refractivity contribution >= 4 is 33.0 Å². The summed E-state index contributed by atoms with van der Waals surface area (Å²) in [6.45, 7) is -1.45. The highest BCUT2D eigenvalue weighted by Crippen LogP contribution is 2.45. The quantitative estimate of drug-likeness (QED) is 0.419. The van der Waals surface area contributed by atoms with Crippen molar-refractivity contribution < 1.29 is 45.3 Å². The summed E-state index contributed by atoms with van der Waals surface area (Å²) in [7, 11) is -4.67. The smallest absolute Gasteiger partial charge is 0.394 e. The zero-order valence-corrected chi connectivity index (χ0v) is 19.5. The number of carboxylic acid groups (broad SMARTS) is 1. The van der Waals surface area contributed by atoms with Gasteiger partial charge in [-0.25, -0.2) is 9.18 Å².